The molecule has 4 nitrogen and oxygen atoms in total. The van der Waals surface area contributed by atoms with Crippen LogP contribution in [0.25, 0.3) is 10.6 Å². The summed E-state index contributed by atoms with van der Waals surface area (Å²) in [5.41, 5.74) is 1.69. The van der Waals surface area contributed by atoms with Gasteiger partial charge in [-0.25, -0.2) is 4.98 Å². The molecule has 0 unspecified atom stereocenters. The van der Waals surface area contributed by atoms with Crippen molar-refractivity contribution in [2.24, 2.45) is 0 Å². The van der Waals surface area contributed by atoms with Crippen molar-refractivity contribution in [2.45, 2.75) is 13.8 Å². The van der Waals surface area contributed by atoms with Crippen molar-refractivity contribution in [1.82, 2.24) is 4.98 Å². The fourth-order valence-electron chi connectivity index (χ4n) is 1.70. The molecule has 1 heterocycles. The molecule has 0 atom stereocenters. The molecule has 5 heteroatoms. The molecule has 0 spiro atoms. The maximum absolute atomic E-state index is 8.98. The molecule has 0 amide bonds. The standard InChI is InChI=1S/C14H14N2O2S/c1-4-18-12-7-10(5-6-11(12)17-3)14-16-9(2)13(8-15)19-14/h5-7H,4H2,1-3H3. The summed E-state index contributed by atoms with van der Waals surface area (Å²) in [4.78, 5) is 5.05. The molecule has 2 rings (SSSR count). The highest BCUT2D eigenvalue weighted by Gasteiger charge is 2.12. The van der Waals surface area contributed by atoms with E-state index in [0.29, 0.717) is 23.0 Å². The number of rotatable bonds is 4. The first-order valence-electron chi connectivity index (χ1n) is 5.88. The molecule has 0 fully saturated rings. The maximum atomic E-state index is 8.98. The number of aryl methyl sites for hydroxylation is 1. The summed E-state index contributed by atoms with van der Waals surface area (Å²) >= 11 is 1.38. The second-order valence-electron chi connectivity index (χ2n) is 3.84. The van der Waals surface area contributed by atoms with Crippen LogP contribution in [0.4, 0.5) is 0 Å². The predicted molar refractivity (Wildman–Crippen MR) is 74.7 cm³/mol. The van der Waals surface area contributed by atoms with Crippen LogP contribution in [0.1, 0.15) is 17.5 Å². The third kappa shape index (κ3) is 2.69. The van der Waals surface area contributed by atoms with Gasteiger partial charge in [0, 0.05) is 5.56 Å². The molecule has 1 aromatic carbocycles. The number of nitriles is 1. The van der Waals surface area contributed by atoms with Crippen LogP contribution in [0, 0.1) is 18.3 Å². The zero-order valence-electron chi connectivity index (χ0n) is 11.1. The smallest absolute Gasteiger partial charge is 0.161 e. The Morgan fingerprint density at radius 2 is 2.16 bits per heavy atom. The molecule has 0 saturated heterocycles. The van der Waals surface area contributed by atoms with Crippen LogP contribution in [-0.4, -0.2) is 18.7 Å². The van der Waals surface area contributed by atoms with Gasteiger partial charge in [0.2, 0.25) is 0 Å². The molecule has 98 valence electrons. The van der Waals surface area contributed by atoms with Crippen molar-refractivity contribution in [3.8, 4) is 28.1 Å². The number of hydrogen-bond donors (Lipinski definition) is 0. The van der Waals surface area contributed by atoms with Gasteiger partial charge in [0.1, 0.15) is 16.0 Å². The van der Waals surface area contributed by atoms with Gasteiger partial charge in [-0.2, -0.15) is 5.26 Å². The van der Waals surface area contributed by atoms with Gasteiger partial charge >= 0.3 is 0 Å². The third-order valence-corrected chi connectivity index (χ3v) is 3.72. The summed E-state index contributed by atoms with van der Waals surface area (Å²) in [6.45, 7) is 4.33. The number of hydrogen-bond acceptors (Lipinski definition) is 5. The van der Waals surface area contributed by atoms with E-state index in [1.165, 1.54) is 11.3 Å². The van der Waals surface area contributed by atoms with E-state index < -0.39 is 0 Å². The van der Waals surface area contributed by atoms with E-state index in [4.69, 9.17) is 14.7 Å². The van der Waals surface area contributed by atoms with Crippen molar-refractivity contribution in [1.29, 1.82) is 5.26 Å². The first-order valence-corrected chi connectivity index (χ1v) is 6.70. The first-order chi connectivity index (χ1) is 9.19. The number of nitrogens with zero attached hydrogens (tertiary/aromatic N) is 2. The van der Waals surface area contributed by atoms with E-state index in [1.807, 2.05) is 32.0 Å². The summed E-state index contributed by atoms with van der Waals surface area (Å²) in [5, 5.41) is 9.79. The lowest BCUT2D eigenvalue weighted by Crippen LogP contribution is -1.95. The Morgan fingerprint density at radius 1 is 1.37 bits per heavy atom. The Hall–Kier alpha value is -2.06. The lowest BCUT2D eigenvalue weighted by molar-refractivity contribution is 0.311. The Kier molecular flexibility index (Phi) is 4.03. The first kappa shape index (κ1) is 13.4. The molecule has 2 aromatic rings. The van der Waals surface area contributed by atoms with Gasteiger partial charge in [0.15, 0.2) is 11.5 Å². The van der Waals surface area contributed by atoms with Gasteiger partial charge in [-0.1, -0.05) is 0 Å². The van der Waals surface area contributed by atoms with Crippen LogP contribution in [0.2, 0.25) is 0 Å². The van der Waals surface area contributed by atoms with Gasteiger partial charge in [0.25, 0.3) is 0 Å². The minimum atomic E-state index is 0.570. The van der Waals surface area contributed by atoms with Crippen molar-refractivity contribution >= 4 is 11.3 Å². The lowest BCUT2D eigenvalue weighted by atomic mass is 10.2. The minimum Gasteiger partial charge on any atom is -0.493 e. The molecular formula is C14H14N2O2S. The quantitative estimate of drug-likeness (QED) is 0.857. The average Bonchev–Trinajstić information content (AvgIpc) is 2.80. The Balaban J connectivity index is 2.44. The van der Waals surface area contributed by atoms with E-state index in [0.717, 1.165) is 16.3 Å². The fourth-order valence-corrected chi connectivity index (χ4v) is 2.56. The van der Waals surface area contributed by atoms with Gasteiger partial charge in [-0.3, -0.25) is 0 Å². The molecule has 1 aromatic heterocycles. The Labute approximate surface area is 116 Å². The van der Waals surface area contributed by atoms with Crippen LogP contribution in [0.15, 0.2) is 18.2 Å². The molecule has 19 heavy (non-hydrogen) atoms. The predicted octanol–water partition coefficient (Wildman–Crippen LogP) is 3.40. The van der Waals surface area contributed by atoms with Gasteiger partial charge in [0.05, 0.1) is 19.4 Å². The van der Waals surface area contributed by atoms with E-state index in [9.17, 15) is 0 Å². The van der Waals surface area contributed by atoms with Crippen LogP contribution in [-0.2, 0) is 0 Å². The Bertz CT molecular complexity index is 629. The average molecular weight is 274 g/mol. The van der Waals surface area contributed by atoms with Crippen LogP contribution in [0.3, 0.4) is 0 Å². The topological polar surface area (TPSA) is 55.1 Å². The number of thiazole rings is 1. The number of aromatic nitrogens is 1. The molecule has 0 aliphatic rings. The normalized spacial score (nSPS) is 10.0. The summed E-state index contributed by atoms with van der Waals surface area (Å²) in [7, 11) is 1.61. The summed E-state index contributed by atoms with van der Waals surface area (Å²) < 4.78 is 10.8. The van der Waals surface area contributed by atoms with Crippen molar-refractivity contribution in [3.05, 3.63) is 28.8 Å². The summed E-state index contributed by atoms with van der Waals surface area (Å²) in [6, 6.07) is 7.81. The fraction of sp³-hybridized carbons (Fsp3) is 0.286. The molecule has 0 radical (unpaired) electrons. The number of ether oxygens (including phenoxy) is 2. The maximum Gasteiger partial charge on any atom is 0.161 e. The second-order valence-corrected chi connectivity index (χ2v) is 4.84. The highest BCUT2D eigenvalue weighted by atomic mass is 32.1. The van der Waals surface area contributed by atoms with Gasteiger partial charge in [-0.15, -0.1) is 11.3 Å². The molecular weight excluding hydrogens is 260 g/mol. The molecule has 0 N–H and O–H groups in total. The third-order valence-electron chi connectivity index (χ3n) is 2.61. The van der Waals surface area contributed by atoms with Crippen molar-refractivity contribution < 1.29 is 9.47 Å². The zero-order valence-corrected chi connectivity index (χ0v) is 11.9. The van der Waals surface area contributed by atoms with Crippen LogP contribution in [0.5, 0.6) is 11.5 Å². The minimum absolute atomic E-state index is 0.570. The number of methoxy groups -OCH3 is 1. The van der Waals surface area contributed by atoms with Crippen molar-refractivity contribution in [2.75, 3.05) is 13.7 Å². The van der Waals surface area contributed by atoms with Crippen molar-refractivity contribution in [3.63, 3.8) is 0 Å². The summed E-state index contributed by atoms with van der Waals surface area (Å²) in [5.74, 6) is 1.38. The van der Waals surface area contributed by atoms with Crippen LogP contribution >= 0.6 is 11.3 Å². The zero-order chi connectivity index (χ0) is 13.8. The van der Waals surface area contributed by atoms with Gasteiger partial charge < -0.3 is 9.47 Å². The van der Waals surface area contributed by atoms with E-state index >= 15 is 0 Å². The van der Waals surface area contributed by atoms with E-state index in [1.54, 1.807) is 7.11 Å². The monoisotopic (exact) mass is 274 g/mol. The highest BCUT2D eigenvalue weighted by molar-refractivity contribution is 7.15. The second kappa shape index (κ2) is 5.72. The largest absolute Gasteiger partial charge is 0.493 e. The molecule has 0 saturated carbocycles. The van der Waals surface area contributed by atoms with E-state index in [-0.39, 0.29) is 0 Å². The molecule has 0 aliphatic carbocycles. The highest BCUT2D eigenvalue weighted by Crippen LogP contribution is 2.34. The Morgan fingerprint density at radius 3 is 2.74 bits per heavy atom. The van der Waals surface area contributed by atoms with Gasteiger partial charge in [-0.05, 0) is 32.0 Å². The lowest BCUT2D eigenvalue weighted by Gasteiger charge is -2.09. The SMILES string of the molecule is CCOc1cc(-c2nc(C)c(C#N)s2)ccc1OC. The summed E-state index contributed by atoms with van der Waals surface area (Å²) in [6.07, 6.45) is 0. The van der Waals surface area contributed by atoms with E-state index in [2.05, 4.69) is 11.1 Å². The molecule has 0 aliphatic heterocycles. The van der Waals surface area contributed by atoms with Crippen LogP contribution < -0.4 is 9.47 Å². The number of benzene rings is 1. The molecule has 0 bridgehead atoms.